The molecule has 3 nitrogen and oxygen atoms in total. The van der Waals surface area contributed by atoms with Crippen molar-refractivity contribution < 1.29 is 9.90 Å². The van der Waals surface area contributed by atoms with Gasteiger partial charge in [-0.3, -0.25) is 4.79 Å². The van der Waals surface area contributed by atoms with E-state index < -0.39 is 11.4 Å². The minimum atomic E-state index is -0.694. The van der Waals surface area contributed by atoms with Crippen molar-refractivity contribution in [3.05, 3.63) is 35.4 Å². The van der Waals surface area contributed by atoms with Crippen LogP contribution in [0.2, 0.25) is 0 Å². The molecule has 21 heavy (non-hydrogen) atoms. The van der Waals surface area contributed by atoms with E-state index in [1.807, 2.05) is 13.8 Å². The van der Waals surface area contributed by atoms with Crippen LogP contribution in [-0.4, -0.2) is 17.6 Å². The van der Waals surface area contributed by atoms with E-state index in [0.717, 1.165) is 12.5 Å². The summed E-state index contributed by atoms with van der Waals surface area (Å²) in [6.07, 6.45) is 5.33. The smallest absolute Gasteiger partial charge is 0.310 e. The third-order valence-electron chi connectivity index (χ3n) is 5.16. The van der Waals surface area contributed by atoms with Gasteiger partial charge >= 0.3 is 5.97 Å². The predicted molar refractivity (Wildman–Crippen MR) is 85.4 cm³/mol. The molecule has 1 aromatic rings. The fourth-order valence-electron chi connectivity index (χ4n) is 2.97. The van der Waals surface area contributed by atoms with E-state index in [2.05, 4.69) is 29.6 Å². The summed E-state index contributed by atoms with van der Waals surface area (Å²) < 4.78 is 0. The second kappa shape index (κ2) is 7.08. The lowest BCUT2D eigenvalue weighted by atomic mass is 9.80. The van der Waals surface area contributed by atoms with Crippen molar-refractivity contribution >= 4 is 5.97 Å². The van der Waals surface area contributed by atoms with Crippen molar-refractivity contribution in [2.24, 2.45) is 5.41 Å². The van der Waals surface area contributed by atoms with Gasteiger partial charge in [0.25, 0.3) is 0 Å². The fraction of sp³-hybridized carbons (Fsp3) is 0.611. The molecule has 1 aliphatic rings. The van der Waals surface area contributed by atoms with E-state index in [0.29, 0.717) is 19.4 Å². The molecule has 0 aromatic heterocycles. The number of carbonyl (C=O) groups is 1. The van der Waals surface area contributed by atoms with Gasteiger partial charge in [-0.05, 0) is 42.7 Å². The Morgan fingerprint density at radius 2 is 1.86 bits per heavy atom. The van der Waals surface area contributed by atoms with Crippen molar-refractivity contribution in [3.8, 4) is 0 Å². The van der Waals surface area contributed by atoms with Crippen LogP contribution < -0.4 is 5.32 Å². The molecule has 0 atom stereocenters. The molecular weight excluding hydrogens is 262 g/mol. The summed E-state index contributed by atoms with van der Waals surface area (Å²) in [5.41, 5.74) is 2.04. The number of nitrogens with one attached hydrogen (secondary N) is 1. The highest BCUT2D eigenvalue weighted by molar-refractivity contribution is 5.74. The molecular formula is C18H27NO2. The van der Waals surface area contributed by atoms with E-state index in [4.69, 9.17) is 0 Å². The zero-order valence-corrected chi connectivity index (χ0v) is 13.2. The monoisotopic (exact) mass is 289 g/mol. The van der Waals surface area contributed by atoms with E-state index >= 15 is 0 Å². The zero-order chi connectivity index (χ0) is 15.3. The Hall–Kier alpha value is -1.35. The first-order valence-electron chi connectivity index (χ1n) is 8.14. The van der Waals surface area contributed by atoms with Crippen LogP contribution in [0.4, 0.5) is 0 Å². The molecule has 2 rings (SSSR count). The van der Waals surface area contributed by atoms with Gasteiger partial charge in [0.05, 0.1) is 5.41 Å². The largest absolute Gasteiger partial charge is 0.481 e. The van der Waals surface area contributed by atoms with Crippen molar-refractivity contribution in [1.29, 1.82) is 0 Å². The quantitative estimate of drug-likeness (QED) is 0.762. The first kappa shape index (κ1) is 16.0. The van der Waals surface area contributed by atoms with E-state index in [9.17, 15) is 9.90 Å². The first-order valence-corrected chi connectivity index (χ1v) is 8.14. The summed E-state index contributed by atoms with van der Waals surface area (Å²) in [5.74, 6) is 0.0761. The van der Waals surface area contributed by atoms with E-state index in [1.54, 1.807) is 0 Å². The molecule has 0 bridgehead atoms. The molecule has 0 spiro atoms. The van der Waals surface area contributed by atoms with Crippen LogP contribution in [0, 0.1) is 5.41 Å². The molecule has 0 amide bonds. The molecule has 1 saturated carbocycles. The summed E-state index contributed by atoms with van der Waals surface area (Å²) in [6.45, 7) is 5.17. The molecule has 3 heteroatoms. The third-order valence-corrected chi connectivity index (χ3v) is 5.16. The average molecular weight is 289 g/mol. The standard InChI is InChI=1S/C18H27NO2/c1-3-18(4-2,17(20)21)13-19-12-14-8-10-16(11-9-14)15-6-5-7-15/h8-11,15,19H,3-7,12-13H2,1-2H3,(H,20,21). The lowest BCUT2D eigenvalue weighted by Gasteiger charge is -2.27. The summed E-state index contributed by atoms with van der Waals surface area (Å²) in [6, 6.07) is 8.79. The molecule has 0 saturated heterocycles. The highest BCUT2D eigenvalue weighted by atomic mass is 16.4. The highest BCUT2D eigenvalue weighted by Crippen LogP contribution is 2.36. The van der Waals surface area contributed by atoms with Crippen LogP contribution in [0.5, 0.6) is 0 Å². The van der Waals surface area contributed by atoms with Gasteiger partial charge in [-0.15, -0.1) is 0 Å². The van der Waals surface area contributed by atoms with Crippen molar-refractivity contribution in [1.82, 2.24) is 5.32 Å². The average Bonchev–Trinajstić information content (AvgIpc) is 2.43. The molecule has 1 aliphatic carbocycles. The molecule has 1 fully saturated rings. The van der Waals surface area contributed by atoms with Crippen LogP contribution in [-0.2, 0) is 11.3 Å². The molecule has 0 heterocycles. The summed E-state index contributed by atoms with van der Waals surface area (Å²) in [4.78, 5) is 11.4. The second-order valence-electron chi connectivity index (χ2n) is 6.27. The van der Waals surface area contributed by atoms with Crippen LogP contribution >= 0.6 is 0 Å². The topological polar surface area (TPSA) is 49.3 Å². The van der Waals surface area contributed by atoms with Gasteiger partial charge in [-0.1, -0.05) is 44.5 Å². The van der Waals surface area contributed by atoms with E-state index in [1.165, 1.54) is 30.4 Å². The number of rotatable bonds is 8. The number of carboxylic acids is 1. The van der Waals surface area contributed by atoms with Gasteiger partial charge in [0, 0.05) is 13.1 Å². The first-order chi connectivity index (χ1) is 10.1. The number of aliphatic carboxylic acids is 1. The molecule has 0 aliphatic heterocycles. The lowest BCUT2D eigenvalue weighted by Crippen LogP contribution is -2.40. The Labute approximate surface area is 127 Å². The highest BCUT2D eigenvalue weighted by Gasteiger charge is 2.34. The Morgan fingerprint density at radius 1 is 1.24 bits per heavy atom. The minimum Gasteiger partial charge on any atom is -0.481 e. The van der Waals surface area contributed by atoms with Crippen LogP contribution in [0.3, 0.4) is 0 Å². The Morgan fingerprint density at radius 3 is 2.29 bits per heavy atom. The van der Waals surface area contributed by atoms with Crippen LogP contribution in [0.1, 0.15) is 63.0 Å². The molecule has 116 valence electrons. The normalized spacial score (nSPS) is 15.7. The van der Waals surface area contributed by atoms with Crippen molar-refractivity contribution in [3.63, 3.8) is 0 Å². The summed E-state index contributed by atoms with van der Waals surface area (Å²) in [5, 5.41) is 12.7. The lowest BCUT2D eigenvalue weighted by molar-refractivity contribution is -0.149. The van der Waals surface area contributed by atoms with Gasteiger partial charge in [-0.25, -0.2) is 0 Å². The molecule has 1 aromatic carbocycles. The maximum Gasteiger partial charge on any atom is 0.310 e. The van der Waals surface area contributed by atoms with E-state index in [-0.39, 0.29) is 0 Å². The number of hydrogen-bond acceptors (Lipinski definition) is 2. The third kappa shape index (κ3) is 3.65. The van der Waals surface area contributed by atoms with Crippen molar-refractivity contribution in [2.45, 2.75) is 58.4 Å². The number of hydrogen-bond donors (Lipinski definition) is 2. The van der Waals surface area contributed by atoms with Crippen LogP contribution in [0.25, 0.3) is 0 Å². The Bertz CT molecular complexity index is 459. The number of carboxylic acid groups (broad SMARTS) is 1. The van der Waals surface area contributed by atoms with Crippen molar-refractivity contribution in [2.75, 3.05) is 6.54 Å². The summed E-state index contributed by atoms with van der Waals surface area (Å²) >= 11 is 0. The summed E-state index contributed by atoms with van der Waals surface area (Å²) in [7, 11) is 0. The van der Waals surface area contributed by atoms with Crippen LogP contribution in [0.15, 0.2) is 24.3 Å². The Balaban J connectivity index is 1.86. The predicted octanol–water partition coefficient (Wildman–Crippen LogP) is 3.93. The SMILES string of the molecule is CCC(CC)(CNCc1ccc(C2CCC2)cc1)C(=O)O. The van der Waals surface area contributed by atoms with Gasteiger partial charge in [0.1, 0.15) is 0 Å². The Kier molecular flexibility index (Phi) is 5.40. The molecule has 0 radical (unpaired) electrons. The molecule has 2 N–H and O–H groups in total. The maximum absolute atomic E-state index is 11.4. The maximum atomic E-state index is 11.4. The van der Waals surface area contributed by atoms with Gasteiger partial charge in [-0.2, -0.15) is 0 Å². The minimum absolute atomic E-state index is 0.527. The number of benzene rings is 1. The zero-order valence-electron chi connectivity index (χ0n) is 13.2. The van der Waals surface area contributed by atoms with Gasteiger partial charge in [0.2, 0.25) is 0 Å². The molecule has 0 unspecified atom stereocenters. The fourth-order valence-corrected chi connectivity index (χ4v) is 2.97. The van der Waals surface area contributed by atoms with Gasteiger partial charge in [0.15, 0.2) is 0 Å². The second-order valence-corrected chi connectivity index (χ2v) is 6.27. The van der Waals surface area contributed by atoms with Gasteiger partial charge < -0.3 is 10.4 Å².